The number of nitrogens with zero attached hydrogens (tertiary/aromatic N) is 2. The zero-order chi connectivity index (χ0) is 12.0. The van der Waals surface area contributed by atoms with Crippen LogP contribution in [0.15, 0.2) is 35.1 Å². The molecule has 0 spiro atoms. The Bertz CT molecular complexity index is 694. The van der Waals surface area contributed by atoms with Crippen LogP contribution in [0.2, 0.25) is 0 Å². The topological polar surface area (TPSA) is 57.0 Å². The normalized spacial score (nSPS) is 11.2. The lowest BCUT2D eigenvalue weighted by atomic mass is 10.0. The number of furan rings is 1. The minimum absolute atomic E-state index is 0.645. The molecule has 2 aromatic heterocycles. The maximum absolute atomic E-state index is 5.99. The van der Waals surface area contributed by atoms with Crippen LogP contribution in [0.3, 0.4) is 0 Å². The van der Waals surface area contributed by atoms with Gasteiger partial charge in [-0.1, -0.05) is 18.2 Å². The first-order valence-electron chi connectivity index (χ1n) is 5.43. The maximum atomic E-state index is 5.99. The molecule has 3 aromatic rings. The number of para-hydroxylation sites is 1. The number of nitrogens with two attached hydrogens (primary N) is 1. The fourth-order valence-electron chi connectivity index (χ4n) is 2.05. The SMILES string of the molecule is Cc1coc2c(-c3cnn(C)c3N)cccc12. The van der Waals surface area contributed by atoms with Crippen molar-refractivity contribution in [1.82, 2.24) is 9.78 Å². The molecule has 0 saturated heterocycles. The highest BCUT2D eigenvalue weighted by atomic mass is 16.3. The zero-order valence-electron chi connectivity index (χ0n) is 9.77. The van der Waals surface area contributed by atoms with Gasteiger partial charge in [-0.25, -0.2) is 0 Å². The standard InChI is InChI=1S/C13H13N3O/c1-8-7-17-12-9(8)4-3-5-10(12)11-6-15-16(2)13(11)14/h3-7H,14H2,1-2H3. The molecule has 2 heterocycles. The number of rotatable bonds is 1. The van der Waals surface area contributed by atoms with Crippen molar-refractivity contribution in [3.8, 4) is 11.1 Å². The van der Waals surface area contributed by atoms with Gasteiger partial charge in [0.15, 0.2) is 0 Å². The molecular formula is C13H13N3O. The molecule has 17 heavy (non-hydrogen) atoms. The molecule has 4 heteroatoms. The average Bonchev–Trinajstić information content (AvgIpc) is 2.86. The van der Waals surface area contributed by atoms with Crippen molar-refractivity contribution in [1.29, 1.82) is 0 Å². The van der Waals surface area contributed by atoms with Crippen LogP contribution >= 0.6 is 0 Å². The molecule has 0 aliphatic rings. The summed E-state index contributed by atoms with van der Waals surface area (Å²) in [5, 5.41) is 5.27. The molecular weight excluding hydrogens is 214 g/mol. The second-order valence-corrected chi connectivity index (χ2v) is 4.17. The van der Waals surface area contributed by atoms with Crippen LogP contribution < -0.4 is 5.73 Å². The van der Waals surface area contributed by atoms with Crippen molar-refractivity contribution in [2.24, 2.45) is 7.05 Å². The lowest BCUT2D eigenvalue weighted by Crippen LogP contribution is -1.98. The highest BCUT2D eigenvalue weighted by molar-refractivity contribution is 5.96. The molecule has 1 aromatic carbocycles. The number of hydrogen-bond donors (Lipinski definition) is 1. The molecule has 86 valence electrons. The van der Waals surface area contributed by atoms with Crippen LogP contribution in [0.1, 0.15) is 5.56 Å². The number of aryl methyl sites for hydroxylation is 2. The Kier molecular flexibility index (Phi) is 1.98. The van der Waals surface area contributed by atoms with Gasteiger partial charge in [0.05, 0.1) is 12.5 Å². The highest BCUT2D eigenvalue weighted by Crippen LogP contribution is 2.33. The average molecular weight is 227 g/mol. The van der Waals surface area contributed by atoms with Crippen molar-refractivity contribution in [2.75, 3.05) is 5.73 Å². The molecule has 0 amide bonds. The molecule has 0 radical (unpaired) electrons. The summed E-state index contributed by atoms with van der Waals surface area (Å²) in [7, 11) is 1.83. The van der Waals surface area contributed by atoms with E-state index in [0.717, 1.165) is 27.7 Å². The molecule has 3 rings (SSSR count). The lowest BCUT2D eigenvalue weighted by molar-refractivity contribution is 0.614. The Morgan fingerprint density at radius 1 is 1.29 bits per heavy atom. The van der Waals surface area contributed by atoms with Crippen molar-refractivity contribution in [3.05, 3.63) is 36.2 Å². The van der Waals surface area contributed by atoms with Gasteiger partial charge in [0.25, 0.3) is 0 Å². The summed E-state index contributed by atoms with van der Waals surface area (Å²) in [5.74, 6) is 0.645. The maximum Gasteiger partial charge on any atom is 0.142 e. The highest BCUT2D eigenvalue weighted by Gasteiger charge is 2.13. The van der Waals surface area contributed by atoms with Crippen molar-refractivity contribution < 1.29 is 4.42 Å². The summed E-state index contributed by atoms with van der Waals surface area (Å²) in [5.41, 5.74) is 9.88. The first-order valence-corrected chi connectivity index (χ1v) is 5.43. The number of hydrogen-bond acceptors (Lipinski definition) is 3. The molecule has 0 aliphatic heterocycles. The smallest absolute Gasteiger partial charge is 0.142 e. The van der Waals surface area contributed by atoms with Gasteiger partial charge in [-0.15, -0.1) is 0 Å². The van der Waals surface area contributed by atoms with Gasteiger partial charge in [-0.2, -0.15) is 5.10 Å². The Hall–Kier alpha value is -2.23. The van der Waals surface area contributed by atoms with Crippen LogP contribution in [-0.2, 0) is 7.05 Å². The van der Waals surface area contributed by atoms with E-state index in [4.69, 9.17) is 10.2 Å². The molecule has 4 nitrogen and oxygen atoms in total. The number of fused-ring (bicyclic) bond motifs is 1. The lowest BCUT2D eigenvalue weighted by Gasteiger charge is -2.01. The Morgan fingerprint density at radius 3 is 2.82 bits per heavy atom. The van der Waals surface area contributed by atoms with Crippen LogP contribution in [0.25, 0.3) is 22.1 Å². The molecule has 0 aliphatic carbocycles. The van der Waals surface area contributed by atoms with Gasteiger partial charge < -0.3 is 10.2 Å². The summed E-state index contributed by atoms with van der Waals surface area (Å²) < 4.78 is 7.26. The fraction of sp³-hybridized carbons (Fsp3) is 0.154. The number of benzene rings is 1. The van der Waals surface area contributed by atoms with Gasteiger partial charge >= 0.3 is 0 Å². The summed E-state index contributed by atoms with van der Waals surface area (Å²) in [4.78, 5) is 0. The van der Waals surface area contributed by atoms with E-state index in [2.05, 4.69) is 5.10 Å². The largest absolute Gasteiger partial charge is 0.463 e. The molecule has 0 saturated carbocycles. The summed E-state index contributed by atoms with van der Waals surface area (Å²) >= 11 is 0. The van der Waals surface area contributed by atoms with E-state index in [1.54, 1.807) is 17.1 Å². The summed E-state index contributed by atoms with van der Waals surface area (Å²) in [6.45, 7) is 2.03. The Morgan fingerprint density at radius 2 is 2.12 bits per heavy atom. The van der Waals surface area contributed by atoms with Gasteiger partial charge in [-0.3, -0.25) is 4.68 Å². The first kappa shape index (κ1) is 9.96. The third-order valence-electron chi connectivity index (χ3n) is 3.07. The van der Waals surface area contributed by atoms with Crippen LogP contribution in [0.4, 0.5) is 5.82 Å². The third kappa shape index (κ3) is 1.34. The van der Waals surface area contributed by atoms with Gasteiger partial charge in [0, 0.05) is 23.6 Å². The first-order chi connectivity index (χ1) is 8.18. The van der Waals surface area contributed by atoms with E-state index in [-0.39, 0.29) is 0 Å². The van der Waals surface area contributed by atoms with E-state index in [9.17, 15) is 0 Å². The second-order valence-electron chi connectivity index (χ2n) is 4.17. The number of anilines is 1. The molecule has 0 fully saturated rings. The number of nitrogen functional groups attached to an aromatic ring is 1. The second kappa shape index (κ2) is 3.38. The van der Waals surface area contributed by atoms with E-state index < -0.39 is 0 Å². The van der Waals surface area contributed by atoms with E-state index >= 15 is 0 Å². The van der Waals surface area contributed by atoms with E-state index in [1.165, 1.54) is 0 Å². The van der Waals surface area contributed by atoms with Crippen LogP contribution in [0, 0.1) is 6.92 Å². The molecule has 0 bridgehead atoms. The molecule has 0 atom stereocenters. The van der Waals surface area contributed by atoms with Gasteiger partial charge in [-0.05, 0) is 12.5 Å². The quantitative estimate of drug-likeness (QED) is 0.695. The Labute approximate surface area is 98.6 Å². The van der Waals surface area contributed by atoms with E-state index in [0.29, 0.717) is 5.82 Å². The van der Waals surface area contributed by atoms with Gasteiger partial charge in [0.1, 0.15) is 11.4 Å². The van der Waals surface area contributed by atoms with Crippen LogP contribution in [0.5, 0.6) is 0 Å². The zero-order valence-corrected chi connectivity index (χ0v) is 9.77. The minimum Gasteiger partial charge on any atom is -0.463 e. The van der Waals surface area contributed by atoms with E-state index in [1.807, 2.05) is 32.2 Å². The minimum atomic E-state index is 0.645. The predicted molar refractivity (Wildman–Crippen MR) is 67.6 cm³/mol. The summed E-state index contributed by atoms with van der Waals surface area (Å²) in [6.07, 6.45) is 3.53. The third-order valence-corrected chi connectivity index (χ3v) is 3.07. The van der Waals surface area contributed by atoms with Gasteiger partial charge in [0.2, 0.25) is 0 Å². The molecule has 0 unspecified atom stereocenters. The summed E-state index contributed by atoms with van der Waals surface area (Å²) in [6, 6.07) is 6.05. The van der Waals surface area contributed by atoms with Crippen molar-refractivity contribution in [3.63, 3.8) is 0 Å². The predicted octanol–water partition coefficient (Wildman–Crippen LogP) is 2.72. The Balaban J connectivity index is 2.34. The van der Waals surface area contributed by atoms with Crippen molar-refractivity contribution >= 4 is 16.8 Å². The molecule has 2 N–H and O–H groups in total. The number of aromatic nitrogens is 2. The fourth-order valence-corrected chi connectivity index (χ4v) is 2.05. The van der Waals surface area contributed by atoms with Crippen molar-refractivity contribution in [2.45, 2.75) is 6.92 Å². The van der Waals surface area contributed by atoms with Crippen LogP contribution in [-0.4, -0.2) is 9.78 Å². The monoisotopic (exact) mass is 227 g/mol.